The quantitative estimate of drug-likeness (QED) is 0.499. The van der Waals surface area contributed by atoms with Crippen LogP contribution < -0.4 is 5.32 Å². The molecule has 0 aliphatic carbocycles. The number of rotatable bonds is 6. The summed E-state index contributed by atoms with van der Waals surface area (Å²) in [7, 11) is 0. The molecule has 0 bridgehead atoms. The van der Waals surface area contributed by atoms with Crippen LogP contribution in [0.1, 0.15) is 74.4 Å². The maximum absolute atomic E-state index is 12.6. The molecule has 0 unspecified atom stereocenters. The maximum Gasteiger partial charge on any atom is 0.291 e. The van der Waals surface area contributed by atoms with Crippen molar-refractivity contribution in [1.82, 2.24) is 0 Å². The van der Waals surface area contributed by atoms with Gasteiger partial charge in [-0.05, 0) is 79.0 Å². The lowest BCUT2D eigenvalue weighted by Crippen LogP contribution is -2.12. The highest BCUT2D eigenvalue weighted by Gasteiger charge is 2.21. The van der Waals surface area contributed by atoms with Gasteiger partial charge in [0.05, 0.1) is 0 Å². The van der Waals surface area contributed by atoms with E-state index in [0.29, 0.717) is 5.76 Å². The summed E-state index contributed by atoms with van der Waals surface area (Å²) < 4.78 is 5.80. The van der Waals surface area contributed by atoms with Crippen molar-refractivity contribution in [3.05, 3.63) is 65.1 Å². The number of hydrogen-bond donors (Lipinski definition) is 1. The molecule has 1 aliphatic heterocycles. The molecule has 2 heterocycles. The third-order valence-electron chi connectivity index (χ3n) is 5.40. The first-order valence-corrected chi connectivity index (χ1v) is 11.4. The number of anilines is 1. The van der Waals surface area contributed by atoms with Gasteiger partial charge >= 0.3 is 0 Å². The molecule has 1 aromatic heterocycles. The van der Waals surface area contributed by atoms with Crippen LogP contribution >= 0.6 is 0 Å². The number of allylic oxidation sites excluding steroid dienone is 4. The second kappa shape index (κ2) is 12.0. The van der Waals surface area contributed by atoms with Crippen molar-refractivity contribution in [2.45, 2.75) is 66.5 Å². The predicted octanol–water partition coefficient (Wildman–Crippen LogP) is 7.41. The Morgan fingerprint density at radius 1 is 1.26 bits per heavy atom. The number of benzene rings is 1. The van der Waals surface area contributed by atoms with Gasteiger partial charge in [-0.2, -0.15) is 0 Å². The second-order valence-corrected chi connectivity index (χ2v) is 7.47. The Bertz CT molecular complexity index is 995. The molecule has 3 rings (SSSR count). The van der Waals surface area contributed by atoms with Gasteiger partial charge in [0.15, 0.2) is 5.76 Å². The first-order chi connectivity index (χ1) is 15.0. The molecular weight excluding hydrogens is 383 g/mol. The number of nitriles is 1. The molecule has 0 saturated heterocycles. The molecule has 0 saturated carbocycles. The zero-order valence-electron chi connectivity index (χ0n) is 19.4. The molecular formula is C26H33BN2O2. The van der Waals surface area contributed by atoms with E-state index < -0.39 is 0 Å². The van der Waals surface area contributed by atoms with Crippen LogP contribution in [-0.2, 0) is 0 Å². The van der Waals surface area contributed by atoms with Crippen LogP contribution in [0.3, 0.4) is 0 Å². The minimum atomic E-state index is -0.255. The van der Waals surface area contributed by atoms with Crippen molar-refractivity contribution in [1.29, 1.82) is 5.26 Å². The van der Waals surface area contributed by atoms with Gasteiger partial charge in [0, 0.05) is 11.7 Å². The van der Waals surface area contributed by atoms with Gasteiger partial charge in [-0.1, -0.05) is 52.2 Å². The molecule has 0 spiro atoms. The topological polar surface area (TPSA) is 66.0 Å². The minimum absolute atomic E-state index is 0.0862. The van der Waals surface area contributed by atoms with Crippen LogP contribution in [0, 0.1) is 18.2 Å². The first kappa shape index (κ1) is 24.3. The van der Waals surface area contributed by atoms with E-state index in [-0.39, 0.29) is 12.6 Å². The Kier molecular flexibility index (Phi) is 9.40. The summed E-state index contributed by atoms with van der Waals surface area (Å²) in [6.45, 7) is 10.5. The van der Waals surface area contributed by atoms with Crippen molar-refractivity contribution in [3.63, 3.8) is 0 Å². The SMILES string of the molecule is CC.CC/C=C(\CC)c1ccc(NC(=O)c2ccc(C3=CCB(C#N)CC3)o2)cc1C. The van der Waals surface area contributed by atoms with Crippen LogP contribution in [0.2, 0.25) is 12.6 Å². The third kappa shape index (κ3) is 6.24. The van der Waals surface area contributed by atoms with Crippen molar-refractivity contribution < 1.29 is 9.21 Å². The van der Waals surface area contributed by atoms with Gasteiger partial charge in [-0.15, -0.1) is 0 Å². The molecule has 162 valence electrons. The summed E-state index contributed by atoms with van der Waals surface area (Å²) in [5.74, 6) is 3.07. The lowest BCUT2D eigenvalue weighted by Gasteiger charge is -2.12. The number of nitrogens with zero attached hydrogens (tertiary/aromatic N) is 1. The fourth-order valence-corrected chi connectivity index (χ4v) is 3.79. The highest BCUT2D eigenvalue weighted by molar-refractivity contribution is 6.67. The molecule has 1 aromatic carbocycles. The molecule has 1 aliphatic rings. The Labute approximate surface area is 187 Å². The van der Waals surface area contributed by atoms with E-state index in [1.807, 2.05) is 32.0 Å². The molecule has 0 atom stereocenters. The number of carbonyl (C=O) groups is 1. The number of hydrogen-bond acceptors (Lipinski definition) is 3. The second-order valence-electron chi connectivity index (χ2n) is 7.47. The van der Waals surface area contributed by atoms with Crippen LogP contribution in [0.5, 0.6) is 0 Å². The van der Waals surface area contributed by atoms with Gasteiger partial charge in [-0.25, -0.2) is 5.26 Å². The van der Waals surface area contributed by atoms with Gasteiger partial charge in [-0.3, -0.25) is 4.79 Å². The summed E-state index contributed by atoms with van der Waals surface area (Å²) >= 11 is 0. The standard InChI is InChI=1S/C24H27BN2O2.C2H6/c1-4-6-18(5-2)21-8-7-20(15-17(21)3)27-24(28)23-10-9-22(29-23)19-11-13-25(16-26)14-12-19;1-2/h6-11,15H,4-5,12-14H2,1-3H3,(H,27,28);1-2H3/b18-6+;. The maximum atomic E-state index is 12.6. The number of carbonyl (C=O) groups excluding carboxylic acids is 1. The van der Waals surface area contributed by atoms with Crippen LogP contribution in [0.25, 0.3) is 11.1 Å². The van der Waals surface area contributed by atoms with E-state index >= 15 is 0 Å². The Morgan fingerprint density at radius 3 is 2.61 bits per heavy atom. The molecule has 0 radical (unpaired) electrons. The minimum Gasteiger partial charge on any atom is -0.451 e. The van der Waals surface area contributed by atoms with E-state index in [9.17, 15) is 4.79 Å². The van der Waals surface area contributed by atoms with Gasteiger partial charge < -0.3 is 9.73 Å². The molecule has 4 nitrogen and oxygen atoms in total. The Morgan fingerprint density at radius 2 is 2.03 bits per heavy atom. The van der Waals surface area contributed by atoms with E-state index in [1.54, 1.807) is 6.07 Å². The third-order valence-corrected chi connectivity index (χ3v) is 5.40. The van der Waals surface area contributed by atoms with Gasteiger partial charge in [0.2, 0.25) is 0 Å². The molecule has 31 heavy (non-hydrogen) atoms. The summed E-state index contributed by atoms with van der Waals surface area (Å²) in [6, 6.07) is 9.56. The van der Waals surface area contributed by atoms with Crippen molar-refractivity contribution in [2.24, 2.45) is 0 Å². The van der Waals surface area contributed by atoms with E-state index in [0.717, 1.165) is 54.5 Å². The molecule has 5 heteroatoms. The van der Waals surface area contributed by atoms with E-state index in [1.165, 1.54) is 11.1 Å². The molecule has 2 aromatic rings. The van der Waals surface area contributed by atoms with Gasteiger partial charge in [0.1, 0.15) is 5.76 Å². The van der Waals surface area contributed by atoms with Crippen molar-refractivity contribution in [3.8, 4) is 5.97 Å². The normalized spacial score (nSPS) is 13.6. The number of amides is 1. The number of nitrogens with one attached hydrogen (secondary N) is 1. The highest BCUT2D eigenvalue weighted by Crippen LogP contribution is 2.29. The first-order valence-electron chi connectivity index (χ1n) is 11.4. The monoisotopic (exact) mass is 416 g/mol. The highest BCUT2D eigenvalue weighted by atomic mass is 16.3. The molecule has 1 amide bonds. The molecule has 1 N–H and O–H groups in total. The number of furan rings is 1. The van der Waals surface area contributed by atoms with E-state index in [4.69, 9.17) is 9.68 Å². The zero-order chi connectivity index (χ0) is 22.8. The summed E-state index contributed by atoms with van der Waals surface area (Å²) in [4.78, 5) is 12.6. The predicted molar refractivity (Wildman–Crippen MR) is 131 cm³/mol. The largest absolute Gasteiger partial charge is 0.451 e. The average Bonchev–Trinajstić information content (AvgIpc) is 3.30. The summed E-state index contributed by atoms with van der Waals surface area (Å²) in [5, 5.41) is 11.9. The van der Waals surface area contributed by atoms with Crippen molar-refractivity contribution >= 4 is 29.5 Å². The summed E-state index contributed by atoms with van der Waals surface area (Å²) in [5.41, 5.74) is 5.54. The van der Waals surface area contributed by atoms with E-state index in [2.05, 4.69) is 50.3 Å². The smallest absolute Gasteiger partial charge is 0.291 e. The lowest BCUT2D eigenvalue weighted by molar-refractivity contribution is 0.0996. The molecule has 0 fully saturated rings. The van der Waals surface area contributed by atoms with Crippen LogP contribution in [-0.4, -0.2) is 12.6 Å². The van der Waals surface area contributed by atoms with Crippen LogP contribution in [0.4, 0.5) is 5.69 Å². The average molecular weight is 416 g/mol. The van der Waals surface area contributed by atoms with Crippen molar-refractivity contribution in [2.75, 3.05) is 5.32 Å². The Hall–Kier alpha value is -3.00. The van der Waals surface area contributed by atoms with Crippen LogP contribution in [0.15, 0.2) is 46.9 Å². The fraction of sp³-hybridized carbons (Fsp3) is 0.385. The lowest BCUT2D eigenvalue weighted by atomic mass is 9.44. The summed E-state index contributed by atoms with van der Waals surface area (Å²) in [6.07, 6.45) is 8.68. The number of aryl methyl sites for hydroxylation is 1. The fourth-order valence-electron chi connectivity index (χ4n) is 3.79. The Balaban J connectivity index is 0.00000166. The zero-order valence-corrected chi connectivity index (χ0v) is 19.4. The van der Waals surface area contributed by atoms with Gasteiger partial charge in [0.25, 0.3) is 12.6 Å².